The molecule has 1 aromatic carbocycles. The summed E-state index contributed by atoms with van der Waals surface area (Å²) in [5, 5.41) is 0. The molecule has 142 valence electrons. The zero-order chi connectivity index (χ0) is 18.6. The lowest BCUT2D eigenvalue weighted by atomic mass is 9.84. The van der Waals surface area contributed by atoms with Crippen molar-refractivity contribution < 1.29 is 14.0 Å². The highest BCUT2D eigenvalue weighted by Crippen LogP contribution is 2.32. The van der Waals surface area contributed by atoms with Crippen molar-refractivity contribution in [3.8, 4) is 0 Å². The molecule has 2 aliphatic rings. The summed E-state index contributed by atoms with van der Waals surface area (Å²) in [6, 6.07) is 9.86. The third kappa shape index (κ3) is 3.92. The molecule has 1 saturated heterocycles. The van der Waals surface area contributed by atoms with Gasteiger partial charge in [-0.25, -0.2) is 0 Å². The molecule has 2 amide bonds. The Hall–Kier alpha value is -2.56. The molecule has 2 heterocycles. The molecule has 1 aromatic heterocycles. The largest absolute Gasteiger partial charge is 0.472 e. The monoisotopic (exact) mass is 366 g/mol. The number of hydrogen-bond donors (Lipinski definition) is 0. The first kappa shape index (κ1) is 17.8. The summed E-state index contributed by atoms with van der Waals surface area (Å²) < 4.78 is 4.98. The Labute approximate surface area is 159 Å². The lowest BCUT2D eigenvalue weighted by Gasteiger charge is -2.34. The second-order valence-electron chi connectivity index (χ2n) is 7.55. The minimum Gasteiger partial charge on any atom is -0.472 e. The topological polar surface area (TPSA) is 53.8 Å². The number of furan rings is 1. The van der Waals surface area contributed by atoms with Gasteiger partial charge < -0.3 is 14.2 Å². The van der Waals surface area contributed by atoms with Gasteiger partial charge in [-0.3, -0.25) is 9.59 Å². The summed E-state index contributed by atoms with van der Waals surface area (Å²) in [5.74, 6) is 0.675. The van der Waals surface area contributed by atoms with Crippen LogP contribution in [0, 0.1) is 0 Å². The van der Waals surface area contributed by atoms with Crippen molar-refractivity contribution in [1.82, 2.24) is 9.80 Å². The molecule has 1 aliphatic carbocycles. The summed E-state index contributed by atoms with van der Waals surface area (Å²) in [6.07, 6.45) is 9.47. The number of carbonyl (C=O) groups is 2. The smallest absolute Gasteiger partial charge is 0.257 e. The standard InChI is InChI=1S/C22H26N2O3/c25-21(19-8-6-18(7-9-19)17-4-2-1-3-5-17)23-11-13-24(14-12-23)22(26)20-10-15-27-16-20/h6-10,15-17H,1-5,11-14H2. The van der Waals surface area contributed by atoms with E-state index < -0.39 is 0 Å². The first-order valence-corrected chi connectivity index (χ1v) is 9.93. The van der Waals surface area contributed by atoms with E-state index in [0.717, 1.165) is 5.56 Å². The Balaban J connectivity index is 1.34. The number of hydrogen-bond acceptors (Lipinski definition) is 3. The van der Waals surface area contributed by atoms with Crippen molar-refractivity contribution in [2.45, 2.75) is 38.0 Å². The van der Waals surface area contributed by atoms with Crippen LogP contribution >= 0.6 is 0 Å². The first-order valence-electron chi connectivity index (χ1n) is 9.93. The predicted octanol–water partition coefficient (Wildman–Crippen LogP) is 3.93. The van der Waals surface area contributed by atoms with Crippen LogP contribution in [0.15, 0.2) is 47.3 Å². The molecule has 0 spiro atoms. The molecule has 2 aromatic rings. The molecular formula is C22H26N2O3. The lowest BCUT2D eigenvalue weighted by molar-refractivity contribution is 0.0535. The van der Waals surface area contributed by atoms with Gasteiger partial charge in [0.15, 0.2) is 0 Å². The Morgan fingerprint density at radius 2 is 1.37 bits per heavy atom. The van der Waals surface area contributed by atoms with E-state index in [2.05, 4.69) is 12.1 Å². The molecule has 0 N–H and O–H groups in total. The highest BCUT2D eigenvalue weighted by atomic mass is 16.3. The van der Waals surface area contributed by atoms with Crippen molar-refractivity contribution in [3.63, 3.8) is 0 Å². The lowest BCUT2D eigenvalue weighted by Crippen LogP contribution is -2.50. The van der Waals surface area contributed by atoms with Crippen LogP contribution in [0.2, 0.25) is 0 Å². The van der Waals surface area contributed by atoms with E-state index in [1.54, 1.807) is 11.0 Å². The normalized spacial score (nSPS) is 18.5. The minimum atomic E-state index is -0.0346. The maximum Gasteiger partial charge on any atom is 0.257 e. The van der Waals surface area contributed by atoms with E-state index in [9.17, 15) is 9.59 Å². The van der Waals surface area contributed by atoms with Gasteiger partial charge in [0.05, 0.1) is 11.8 Å². The van der Waals surface area contributed by atoms with Gasteiger partial charge in [0.25, 0.3) is 11.8 Å². The molecule has 0 bridgehead atoms. The fourth-order valence-electron chi connectivity index (χ4n) is 4.20. The number of rotatable bonds is 3. The van der Waals surface area contributed by atoms with Gasteiger partial charge in [0, 0.05) is 31.7 Å². The minimum absolute atomic E-state index is 0.0346. The van der Waals surface area contributed by atoms with E-state index in [0.29, 0.717) is 37.7 Å². The fourth-order valence-corrected chi connectivity index (χ4v) is 4.20. The average Bonchev–Trinajstić information content (AvgIpc) is 3.28. The van der Waals surface area contributed by atoms with Crippen LogP contribution in [-0.4, -0.2) is 47.8 Å². The molecule has 0 unspecified atom stereocenters. The zero-order valence-electron chi connectivity index (χ0n) is 15.6. The van der Waals surface area contributed by atoms with Gasteiger partial charge >= 0.3 is 0 Å². The molecule has 2 fully saturated rings. The Morgan fingerprint density at radius 3 is 1.93 bits per heavy atom. The molecule has 1 saturated carbocycles. The molecule has 4 rings (SSSR count). The second kappa shape index (κ2) is 7.99. The Morgan fingerprint density at radius 1 is 0.778 bits per heavy atom. The van der Waals surface area contributed by atoms with Crippen LogP contribution in [0.3, 0.4) is 0 Å². The van der Waals surface area contributed by atoms with Crippen LogP contribution in [0.25, 0.3) is 0 Å². The predicted molar refractivity (Wildman–Crippen MR) is 103 cm³/mol. The van der Waals surface area contributed by atoms with Gasteiger partial charge in [-0.1, -0.05) is 31.4 Å². The Bertz CT molecular complexity index is 768. The van der Waals surface area contributed by atoms with Crippen molar-refractivity contribution in [1.29, 1.82) is 0 Å². The van der Waals surface area contributed by atoms with Crippen molar-refractivity contribution in [3.05, 3.63) is 59.5 Å². The summed E-state index contributed by atoms with van der Waals surface area (Å²) in [4.78, 5) is 28.8. The SMILES string of the molecule is O=C(c1ccc(C2CCCCC2)cc1)N1CCN(C(=O)c2ccoc2)CC1. The van der Waals surface area contributed by atoms with Gasteiger partial charge in [-0.05, 0) is 42.5 Å². The maximum atomic E-state index is 12.8. The number of piperazine rings is 1. The van der Waals surface area contributed by atoms with Gasteiger partial charge in [-0.15, -0.1) is 0 Å². The summed E-state index contributed by atoms with van der Waals surface area (Å²) in [6.45, 7) is 2.23. The number of carbonyl (C=O) groups excluding carboxylic acids is 2. The fraction of sp³-hybridized carbons (Fsp3) is 0.455. The van der Waals surface area contributed by atoms with Crippen LogP contribution < -0.4 is 0 Å². The molecule has 5 heteroatoms. The molecular weight excluding hydrogens is 340 g/mol. The third-order valence-corrected chi connectivity index (χ3v) is 5.86. The van der Waals surface area contributed by atoms with E-state index in [1.807, 2.05) is 17.0 Å². The summed E-state index contributed by atoms with van der Waals surface area (Å²) >= 11 is 0. The molecule has 5 nitrogen and oxygen atoms in total. The first-order chi connectivity index (χ1) is 13.2. The zero-order valence-corrected chi connectivity index (χ0v) is 15.6. The average molecular weight is 366 g/mol. The maximum absolute atomic E-state index is 12.8. The molecule has 27 heavy (non-hydrogen) atoms. The van der Waals surface area contributed by atoms with Gasteiger partial charge in [0.2, 0.25) is 0 Å². The molecule has 0 radical (unpaired) electrons. The molecule has 0 atom stereocenters. The van der Waals surface area contributed by atoms with Crippen molar-refractivity contribution in [2.75, 3.05) is 26.2 Å². The number of benzene rings is 1. The van der Waals surface area contributed by atoms with Gasteiger partial charge in [0.1, 0.15) is 6.26 Å². The van der Waals surface area contributed by atoms with Crippen LogP contribution in [0.1, 0.15) is 64.3 Å². The van der Waals surface area contributed by atoms with E-state index in [-0.39, 0.29) is 11.8 Å². The number of nitrogens with zero attached hydrogens (tertiary/aromatic N) is 2. The third-order valence-electron chi connectivity index (χ3n) is 5.86. The van der Waals surface area contributed by atoms with E-state index in [4.69, 9.17) is 4.42 Å². The van der Waals surface area contributed by atoms with Gasteiger partial charge in [-0.2, -0.15) is 0 Å². The molecule has 1 aliphatic heterocycles. The second-order valence-corrected chi connectivity index (χ2v) is 7.55. The van der Waals surface area contributed by atoms with Crippen molar-refractivity contribution >= 4 is 11.8 Å². The summed E-state index contributed by atoms with van der Waals surface area (Å²) in [7, 11) is 0. The van der Waals surface area contributed by atoms with Crippen LogP contribution in [0.4, 0.5) is 0 Å². The van der Waals surface area contributed by atoms with E-state index >= 15 is 0 Å². The van der Waals surface area contributed by atoms with Crippen LogP contribution in [-0.2, 0) is 0 Å². The highest BCUT2D eigenvalue weighted by Gasteiger charge is 2.26. The Kier molecular flexibility index (Phi) is 5.28. The van der Waals surface area contributed by atoms with E-state index in [1.165, 1.54) is 50.2 Å². The number of amides is 2. The summed E-state index contributed by atoms with van der Waals surface area (Å²) in [5.41, 5.74) is 2.67. The van der Waals surface area contributed by atoms with Crippen LogP contribution in [0.5, 0.6) is 0 Å². The highest BCUT2D eigenvalue weighted by molar-refractivity contribution is 5.95. The quantitative estimate of drug-likeness (QED) is 0.827. The van der Waals surface area contributed by atoms with Crippen molar-refractivity contribution in [2.24, 2.45) is 0 Å².